The van der Waals surface area contributed by atoms with Crippen LogP contribution in [-0.2, 0) is 20.8 Å². The second-order valence-corrected chi connectivity index (χ2v) is 6.01. The van der Waals surface area contributed by atoms with Gasteiger partial charge in [0.05, 0.1) is 19.8 Å². The number of nitrogen functional groups attached to an aromatic ring is 1. The Morgan fingerprint density at radius 1 is 1.20 bits per heavy atom. The van der Waals surface area contributed by atoms with E-state index in [1.165, 1.54) is 32.5 Å². The molecule has 0 amide bonds. The Morgan fingerprint density at radius 3 is 2.48 bits per heavy atom. The van der Waals surface area contributed by atoms with Crippen molar-refractivity contribution in [2.24, 2.45) is 0 Å². The smallest absolute Gasteiger partial charge is 0.348 e. The van der Waals surface area contributed by atoms with Gasteiger partial charge in [0.2, 0.25) is 0 Å². The standard InChI is InChI=1S/C15H13ClN2O6S/c1-22-14(20)10-8(11(15(21)23-2)25-12(10)17)6-24-13(19)7-3-4-18-9(16)5-7/h3-5H,6,17H2,1-2H3. The number of methoxy groups -OCH3 is 2. The minimum atomic E-state index is -0.748. The Morgan fingerprint density at radius 2 is 1.88 bits per heavy atom. The first-order chi connectivity index (χ1) is 11.9. The van der Waals surface area contributed by atoms with Crippen LogP contribution < -0.4 is 5.73 Å². The predicted molar refractivity (Wildman–Crippen MR) is 89.8 cm³/mol. The molecular weight excluding hydrogens is 372 g/mol. The Labute approximate surface area is 151 Å². The molecule has 0 atom stereocenters. The average molecular weight is 385 g/mol. The molecule has 0 fully saturated rings. The maximum atomic E-state index is 12.1. The molecule has 8 nitrogen and oxygen atoms in total. The monoisotopic (exact) mass is 384 g/mol. The van der Waals surface area contributed by atoms with Crippen molar-refractivity contribution in [1.29, 1.82) is 0 Å². The Balaban J connectivity index is 2.32. The van der Waals surface area contributed by atoms with Crippen molar-refractivity contribution < 1.29 is 28.6 Å². The molecule has 0 aliphatic carbocycles. The molecule has 10 heteroatoms. The molecular formula is C15H13ClN2O6S. The van der Waals surface area contributed by atoms with E-state index in [4.69, 9.17) is 22.1 Å². The van der Waals surface area contributed by atoms with Gasteiger partial charge in [-0.2, -0.15) is 0 Å². The number of esters is 3. The number of carbonyl (C=O) groups is 3. The summed E-state index contributed by atoms with van der Waals surface area (Å²) in [5.74, 6) is -2.16. The van der Waals surface area contributed by atoms with E-state index in [0.29, 0.717) is 0 Å². The van der Waals surface area contributed by atoms with Crippen LogP contribution in [-0.4, -0.2) is 37.1 Å². The van der Waals surface area contributed by atoms with Gasteiger partial charge < -0.3 is 19.9 Å². The molecule has 0 spiro atoms. The first-order valence-electron chi connectivity index (χ1n) is 6.75. The van der Waals surface area contributed by atoms with Crippen molar-refractivity contribution in [3.8, 4) is 0 Å². The van der Waals surface area contributed by atoms with Gasteiger partial charge in [0.1, 0.15) is 27.2 Å². The molecule has 0 aromatic carbocycles. The third-order valence-corrected chi connectivity index (χ3v) is 4.35. The molecule has 0 aliphatic heterocycles. The molecule has 2 heterocycles. The molecule has 2 aromatic rings. The highest BCUT2D eigenvalue weighted by Gasteiger charge is 2.28. The molecule has 0 radical (unpaired) electrons. The molecule has 0 aliphatic rings. The van der Waals surface area contributed by atoms with Gasteiger partial charge in [0.15, 0.2) is 0 Å². The minimum absolute atomic E-state index is 0.0338. The van der Waals surface area contributed by atoms with Crippen LogP contribution in [0.25, 0.3) is 0 Å². The van der Waals surface area contributed by atoms with Crippen molar-refractivity contribution in [3.05, 3.63) is 45.1 Å². The fraction of sp³-hybridized carbons (Fsp3) is 0.200. The summed E-state index contributed by atoms with van der Waals surface area (Å²) in [5.41, 5.74) is 6.05. The number of nitrogens with zero attached hydrogens (tertiary/aromatic N) is 1. The fourth-order valence-electron chi connectivity index (χ4n) is 1.96. The highest BCUT2D eigenvalue weighted by Crippen LogP contribution is 2.33. The summed E-state index contributed by atoms with van der Waals surface area (Å²) in [7, 11) is 2.36. The van der Waals surface area contributed by atoms with Gasteiger partial charge in [-0.25, -0.2) is 19.4 Å². The van der Waals surface area contributed by atoms with E-state index in [9.17, 15) is 14.4 Å². The minimum Gasteiger partial charge on any atom is -0.465 e. The first kappa shape index (κ1) is 18.7. The van der Waals surface area contributed by atoms with Crippen molar-refractivity contribution in [3.63, 3.8) is 0 Å². The quantitative estimate of drug-likeness (QED) is 0.474. The molecule has 0 saturated carbocycles. The number of aromatic nitrogens is 1. The second-order valence-electron chi connectivity index (χ2n) is 4.58. The molecule has 0 unspecified atom stereocenters. The van der Waals surface area contributed by atoms with E-state index in [0.717, 1.165) is 11.3 Å². The Bertz CT molecular complexity index is 835. The molecule has 2 aromatic heterocycles. The predicted octanol–water partition coefficient (Wildman–Crippen LogP) is 2.31. The summed E-state index contributed by atoms with van der Waals surface area (Å²) in [6.45, 7) is -0.374. The van der Waals surface area contributed by atoms with Crippen molar-refractivity contribution in [2.75, 3.05) is 20.0 Å². The fourth-order valence-corrected chi connectivity index (χ4v) is 3.11. The number of thiophene rings is 1. The number of hydrogen-bond acceptors (Lipinski definition) is 9. The zero-order chi connectivity index (χ0) is 18.6. The lowest BCUT2D eigenvalue weighted by atomic mass is 10.1. The number of halogens is 1. The number of hydrogen-bond donors (Lipinski definition) is 1. The third kappa shape index (κ3) is 4.06. The number of anilines is 1. The lowest BCUT2D eigenvalue weighted by Gasteiger charge is -2.08. The van der Waals surface area contributed by atoms with Crippen LogP contribution >= 0.6 is 22.9 Å². The van der Waals surface area contributed by atoms with Gasteiger partial charge in [-0.3, -0.25) is 0 Å². The lowest BCUT2D eigenvalue weighted by Crippen LogP contribution is -2.12. The molecule has 132 valence electrons. The summed E-state index contributed by atoms with van der Waals surface area (Å²) in [6.07, 6.45) is 1.35. The molecule has 2 N–H and O–H groups in total. The van der Waals surface area contributed by atoms with Crippen molar-refractivity contribution in [1.82, 2.24) is 4.98 Å². The molecule has 0 saturated heterocycles. The van der Waals surface area contributed by atoms with Gasteiger partial charge in [-0.05, 0) is 12.1 Å². The van der Waals surface area contributed by atoms with Crippen LogP contribution in [0.15, 0.2) is 18.3 Å². The third-order valence-electron chi connectivity index (χ3n) is 3.10. The van der Waals surface area contributed by atoms with Crippen molar-refractivity contribution >= 4 is 45.8 Å². The van der Waals surface area contributed by atoms with Crippen LogP contribution in [0.1, 0.15) is 36.0 Å². The molecule has 0 bridgehead atoms. The summed E-state index contributed by atoms with van der Waals surface area (Å²) in [4.78, 5) is 39.7. The van der Waals surface area contributed by atoms with Gasteiger partial charge in [0, 0.05) is 11.8 Å². The highest BCUT2D eigenvalue weighted by atomic mass is 35.5. The summed E-state index contributed by atoms with van der Waals surface area (Å²) in [5, 5.41) is 0.185. The SMILES string of the molecule is COC(=O)c1sc(N)c(C(=O)OC)c1COC(=O)c1ccnc(Cl)c1. The van der Waals surface area contributed by atoms with Crippen molar-refractivity contribution in [2.45, 2.75) is 6.61 Å². The summed E-state index contributed by atoms with van der Waals surface area (Å²) in [6, 6.07) is 2.74. The normalized spacial score (nSPS) is 10.2. The van der Waals surface area contributed by atoms with E-state index < -0.39 is 17.9 Å². The zero-order valence-electron chi connectivity index (χ0n) is 13.2. The van der Waals surface area contributed by atoms with E-state index in [1.54, 1.807) is 0 Å². The van der Waals surface area contributed by atoms with Gasteiger partial charge in [-0.15, -0.1) is 11.3 Å². The van der Waals surface area contributed by atoms with Crippen LogP contribution in [0.2, 0.25) is 5.15 Å². The number of ether oxygens (including phenoxy) is 3. The van der Waals surface area contributed by atoms with E-state index in [2.05, 4.69) is 14.5 Å². The maximum absolute atomic E-state index is 12.1. The summed E-state index contributed by atoms with van der Waals surface area (Å²) >= 11 is 6.57. The molecule has 25 heavy (non-hydrogen) atoms. The number of rotatable bonds is 5. The Kier molecular flexibility index (Phi) is 5.94. The number of carbonyl (C=O) groups excluding carboxylic acids is 3. The Hall–Kier alpha value is -2.65. The maximum Gasteiger partial charge on any atom is 0.348 e. The zero-order valence-corrected chi connectivity index (χ0v) is 14.8. The second kappa shape index (κ2) is 7.95. The largest absolute Gasteiger partial charge is 0.465 e. The lowest BCUT2D eigenvalue weighted by molar-refractivity contribution is 0.0452. The average Bonchev–Trinajstić information content (AvgIpc) is 2.94. The first-order valence-corrected chi connectivity index (χ1v) is 7.95. The van der Waals surface area contributed by atoms with Gasteiger partial charge in [-0.1, -0.05) is 11.6 Å². The number of nitrogens with two attached hydrogens (primary N) is 1. The topological polar surface area (TPSA) is 118 Å². The van der Waals surface area contributed by atoms with Gasteiger partial charge >= 0.3 is 17.9 Å². The van der Waals surface area contributed by atoms with E-state index >= 15 is 0 Å². The highest BCUT2D eigenvalue weighted by molar-refractivity contribution is 7.18. The van der Waals surface area contributed by atoms with Crippen LogP contribution in [0.4, 0.5) is 5.00 Å². The van der Waals surface area contributed by atoms with Crippen LogP contribution in [0, 0.1) is 0 Å². The van der Waals surface area contributed by atoms with E-state index in [-0.39, 0.29) is 38.3 Å². The van der Waals surface area contributed by atoms with Gasteiger partial charge in [0.25, 0.3) is 0 Å². The number of pyridine rings is 1. The van der Waals surface area contributed by atoms with Crippen LogP contribution in [0.5, 0.6) is 0 Å². The van der Waals surface area contributed by atoms with E-state index in [1.807, 2.05) is 0 Å². The molecule has 2 rings (SSSR count). The summed E-state index contributed by atoms with van der Waals surface area (Å²) < 4.78 is 14.5. The van der Waals surface area contributed by atoms with Crippen LogP contribution in [0.3, 0.4) is 0 Å².